The predicted molar refractivity (Wildman–Crippen MR) is 72.9 cm³/mol. The Labute approximate surface area is 122 Å². The fourth-order valence-corrected chi connectivity index (χ4v) is 1.50. The van der Waals surface area contributed by atoms with Crippen LogP contribution in [0, 0.1) is 10.1 Å². The molecule has 1 amide bonds. The van der Waals surface area contributed by atoms with Gasteiger partial charge in [-0.15, -0.1) is 0 Å². The number of hydrogen-bond donors (Lipinski definition) is 2. The molecule has 1 aromatic heterocycles. The van der Waals surface area contributed by atoms with Crippen molar-refractivity contribution in [2.45, 2.75) is 6.42 Å². The number of rotatable bonds is 7. The van der Waals surface area contributed by atoms with Crippen LogP contribution in [0.3, 0.4) is 0 Å². The SMILES string of the molecule is O=CCN/C(=C\[N+](=O)[O-])NC(=O)Cc1ccc(Br)nc1. The van der Waals surface area contributed by atoms with Gasteiger partial charge in [0.25, 0.3) is 6.20 Å². The Balaban J connectivity index is 2.63. The van der Waals surface area contributed by atoms with Crippen molar-refractivity contribution < 1.29 is 14.5 Å². The summed E-state index contributed by atoms with van der Waals surface area (Å²) in [7, 11) is 0. The van der Waals surface area contributed by atoms with Crippen LogP contribution in [0.1, 0.15) is 5.56 Å². The minimum Gasteiger partial charge on any atom is -0.360 e. The normalized spacial score (nSPS) is 10.8. The third-order valence-electron chi connectivity index (χ3n) is 2.04. The van der Waals surface area contributed by atoms with E-state index in [1.807, 2.05) is 0 Å². The maximum Gasteiger partial charge on any atom is 0.274 e. The van der Waals surface area contributed by atoms with Crippen LogP contribution in [0.4, 0.5) is 0 Å². The van der Waals surface area contributed by atoms with Gasteiger partial charge in [-0.1, -0.05) is 6.07 Å². The fraction of sp³-hybridized carbons (Fsp3) is 0.182. The van der Waals surface area contributed by atoms with Gasteiger partial charge in [-0.25, -0.2) is 4.98 Å². The van der Waals surface area contributed by atoms with Gasteiger partial charge in [-0.2, -0.15) is 0 Å². The second kappa shape index (κ2) is 8.00. The topological polar surface area (TPSA) is 114 Å². The molecule has 0 fully saturated rings. The molecule has 0 spiro atoms. The quantitative estimate of drug-likeness (QED) is 0.320. The van der Waals surface area contributed by atoms with E-state index in [4.69, 9.17) is 0 Å². The Morgan fingerprint density at radius 2 is 2.25 bits per heavy atom. The second-order valence-corrected chi connectivity index (χ2v) is 4.40. The van der Waals surface area contributed by atoms with E-state index in [9.17, 15) is 19.7 Å². The lowest BCUT2D eigenvalue weighted by Gasteiger charge is -2.08. The largest absolute Gasteiger partial charge is 0.360 e. The Morgan fingerprint density at radius 3 is 2.80 bits per heavy atom. The fourth-order valence-electron chi connectivity index (χ4n) is 1.27. The van der Waals surface area contributed by atoms with E-state index in [0.717, 1.165) is 0 Å². The van der Waals surface area contributed by atoms with Crippen LogP contribution in [-0.2, 0) is 16.0 Å². The molecule has 1 aromatic rings. The third kappa shape index (κ3) is 6.05. The molecule has 20 heavy (non-hydrogen) atoms. The molecule has 1 heterocycles. The van der Waals surface area contributed by atoms with Crippen molar-refractivity contribution in [3.05, 3.63) is 50.6 Å². The molecule has 0 aliphatic rings. The van der Waals surface area contributed by atoms with Gasteiger partial charge in [0, 0.05) is 6.20 Å². The van der Waals surface area contributed by atoms with Crippen molar-refractivity contribution in [1.29, 1.82) is 0 Å². The van der Waals surface area contributed by atoms with Crippen LogP contribution in [0.15, 0.2) is 35.0 Å². The monoisotopic (exact) mass is 342 g/mol. The first-order valence-corrected chi connectivity index (χ1v) is 6.23. The lowest BCUT2D eigenvalue weighted by Crippen LogP contribution is -2.34. The van der Waals surface area contributed by atoms with Gasteiger partial charge in [0.05, 0.1) is 17.9 Å². The van der Waals surface area contributed by atoms with Gasteiger partial charge in [0.1, 0.15) is 10.9 Å². The van der Waals surface area contributed by atoms with Crippen LogP contribution in [0.2, 0.25) is 0 Å². The van der Waals surface area contributed by atoms with Crippen LogP contribution < -0.4 is 10.6 Å². The lowest BCUT2D eigenvalue weighted by molar-refractivity contribution is -0.404. The molecular weight excluding hydrogens is 332 g/mol. The first-order valence-electron chi connectivity index (χ1n) is 5.44. The van der Waals surface area contributed by atoms with E-state index in [1.54, 1.807) is 12.1 Å². The summed E-state index contributed by atoms with van der Waals surface area (Å²) in [6.45, 7) is -0.139. The van der Waals surface area contributed by atoms with Crippen molar-refractivity contribution in [2.75, 3.05) is 6.54 Å². The average Bonchev–Trinajstić information content (AvgIpc) is 2.38. The maximum atomic E-state index is 11.7. The molecule has 0 bridgehead atoms. The summed E-state index contributed by atoms with van der Waals surface area (Å²) in [5.41, 5.74) is 0.654. The Morgan fingerprint density at radius 1 is 1.50 bits per heavy atom. The number of hydrogen-bond acceptors (Lipinski definition) is 6. The first-order chi connectivity index (χ1) is 9.51. The highest BCUT2D eigenvalue weighted by molar-refractivity contribution is 9.10. The zero-order chi connectivity index (χ0) is 15.0. The zero-order valence-electron chi connectivity index (χ0n) is 10.2. The van der Waals surface area contributed by atoms with E-state index in [2.05, 4.69) is 31.5 Å². The number of carbonyl (C=O) groups excluding carboxylic acids is 2. The predicted octanol–water partition coefficient (Wildman–Crippen LogP) is 0.367. The zero-order valence-corrected chi connectivity index (χ0v) is 11.8. The summed E-state index contributed by atoms with van der Waals surface area (Å²) >= 11 is 3.17. The standard InChI is InChI=1S/C11H11BrN4O4/c12-9-2-1-8(6-14-9)5-11(18)15-10(7-16(19)20)13-3-4-17/h1-2,4,6-7,13H,3,5H2,(H,15,18)/b10-7+. The highest BCUT2D eigenvalue weighted by Gasteiger charge is 2.09. The molecule has 9 heteroatoms. The highest BCUT2D eigenvalue weighted by Crippen LogP contribution is 2.06. The summed E-state index contributed by atoms with van der Waals surface area (Å²) < 4.78 is 0.642. The van der Waals surface area contributed by atoms with E-state index < -0.39 is 10.8 Å². The maximum absolute atomic E-state index is 11.7. The number of carbonyl (C=O) groups is 2. The van der Waals surface area contributed by atoms with E-state index in [0.29, 0.717) is 22.7 Å². The molecule has 0 aromatic carbocycles. The van der Waals surface area contributed by atoms with Crippen LogP contribution in [-0.4, -0.2) is 28.6 Å². The van der Waals surface area contributed by atoms with Crippen molar-refractivity contribution in [3.8, 4) is 0 Å². The molecule has 8 nitrogen and oxygen atoms in total. The van der Waals surface area contributed by atoms with E-state index in [-0.39, 0.29) is 18.8 Å². The van der Waals surface area contributed by atoms with Gasteiger partial charge < -0.3 is 15.4 Å². The third-order valence-corrected chi connectivity index (χ3v) is 2.51. The molecule has 0 unspecified atom stereocenters. The summed E-state index contributed by atoms with van der Waals surface area (Å²) in [5, 5.41) is 15.1. The lowest BCUT2D eigenvalue weighted by atomic mass is 10.2. The van der Waals surface area contributed by atoms with E-state index in [1.165, 1.54) is 6.20 Å². The number of nitrogens with one attached hydrogen (secondary N) is 2. The van der Waals surface area contributed by atoms with E-state index >= 15 is 0 Å². The van der Waals surface area contributed by atoms with Gasteiger partial charge in [0.2, 0.25) is 5.91 Å². The Kier molecular flexibility index (Phi) is 6.30. The molecule has 0 atom stereocenters. The van der Waals surface area contributed by atoms with Gasteiger partial charge in [0.15, 0.2) is 5.82 Å². The molecule has 0 saturated heterocycles. The van der Waals surface area contributed by atoms with Crippen molar-refractivity contribution in [3.63, 3.8) is 0 Å². The molecule has 0 radical (unpaired) electrons. The first kappa shape index (κ1) is 15.8. The number of aldehydes is 1. The molecule has 1 rings (SSSR count). The van der Waals surface area contributed by atoms with Crippen molar-refractivity contribution >= 4 is 28.1 Å². The molecular formula is C11H11BrN4O4. The van der Waals surface area contributed by atoms with Crippen molar-refractivity contribution in [2.24, 2.45) is 0 Å². The van der Waals surface area contributed by atoms with Gasteiger partial charge >= 0.3 is 0 Å². The Hall–Kier alpha value is -2.29. The smallest absolute Gasteiger partial charge is 0.274 e. The van der Waals surface area contributed by atoms with Crippen LogP contribution in [0.5, 0.6) is 0 Å². The molecule has 106 valence electrons. The number of aromatic nitrogens is 1. The van der Waals surface area contributed by atoms with Crippen LogP contribution >= 0.6 is 15.9 Å². The van der Waals surface area contributed by atoms with Crippen molar-refractivity contribution in [1.82, 2.24) is 15.6 Å². The number of nitro groups is 1. The minimum absolute atomic E-state index is 0.0120. The van der Waals surface area contributed by atoms with Gasteiger partial charge in [-0.3, -0.25) is 14.9 Å². The molecule has 0 aliphatic heterocycles. The summed E-state index contributed by atoms with van der Waals surface area (Å²) in [6.07, 6.45) is 2.64. The summed E-state index contributed by atoms with van der Waals surface area (Å²) in [5.74, 6) is -0.599. The average molecular weight is 343 g/mol. The summed E-state index contributed by atoms with van der Waals surface area (Å²) in [4.78, 5) is 35.5. The number of amides is 1. The van der Waals surface area contributed by atoms with Crippen LogP contribution in [0.25, 0.3) is 0 Å². The molecule has 2 N–H and O–H groups in total. The number of pyridine rings is 1. The Bertz CT molecular complexity index is 530. The second-order valence-electron chi connectivity index (χ2n) is 3.59. The summed E-state index contributed by atoms with van der Waals surface area (Å²) in [6, 6.07) is 3.38. The highest BCUT2D eigenvalue weighted by atomic mass is 79.9. The number of halogens is 1. The van der Waals surface area contributed by atoms with Gasteiger partial charge in [-0.05, 0) is 27.6 Å². The molecule has 0 saturated carbocycles. The minimum atomic E-state index is -0.728. The number of nitrogens with zero attached hydrogens (tertiary/aromatic N) is 2. The molecule has 0 aliphatic carbocycles.